The maximum Gasteiger partial charge on any atom is 0.241 e. The van der Waals surface area contributed by atoms with Crippen molar-refractivity contribution in [1.29, 1.82) is 0 Å². The van der Waals surface area contributed by atoms with Crippen molar-refractivity contribution in [2.45, 2.75) is 13.0 Å². The third kappa shape index (κ3) is 2.20. The highest BCUT2D eigenvalue weighted by atomic mass is 32.1. The lowest BCUT2D eigenvalue weighted by atomic mass is 10.2. The lowest BCUT2D eigenvalue weighted by Gasteiger charge is -2.10. The summed E-state index contributed by atoms with van der Waals surface area (Å²) in [6.07, 6.45) is 0. The molecule has 0 aliphatic heterocycles. The molecule has 5 heteroatoms. The first kappa shape index (κ1) is 11.0. The van der Waals surface area contributed by atoms with Crippen LogP contribution in [0.2, 0.25) is 0 Å². The second kappa shape index (κ2) is 4.59. The minimum Gasteiger partial charge on any atom is -0.325 e. The first-order valence-electron chi connectivity index (χ1n) is 5.02. The summed E-state index contributed by atoms with van der Waals surface area (Å²) >= 11 is 1.56. The number of anilines is 1. The van der Waals surface area contributed by atoms with Crippen LogP contribution >= 0.6 is 11.3 Å². The van der Waals surface area contributed by atoms with Crippen molar-refractivity contribution < 1.29 is 4.79 Å². The Kier molecular flexibility index (Phi) is 3.17. The Labute approximate surface area is 97.7 Å². The molecule has 1 amide bonds. The summed E-state index contributed by atoms with van der Waals surface area (Å²) in [6, 6.07) is 5.51. The van der Waals surface area contributed by atoms with Crippen molar-refractivity contribution in [2.75, 3.05) is 12.4 Å². The summed E-state index contributed by atoms with van der Waals surface area (Å²) in [7, 11) is 1.76. The van der Waals surface area contributed by atoms with Crippen LogP contribution in [0.3, 0.4) is 0 Å². The predicted octanol–water partition coefficient (Wildman–Crippen LogP) is 1.84. The molecule has 0 spiro atoms. The molecule has 1 heterocycles. The molecular formula is C11H13N3OS. The highest BCUT2D eigenvalue weighted by Crippen LogP contribution is 2.21. The van der Waals surface area contributed by atoms with E-state index in [1.807, 2.05) is 25.1 Å². The third-order valence-electron chi connectivity index (χ3n) is 2.43. The van der Waals surface area contributed by atoms with Crippen LogP contribution in [0.1, 0.15) is 6.92 Å². The summed E-state index contributed by atoms with van der Waals surface area (Å²) in [6.45, 7) is 1.82. The Morgan fingerprint density at radius 1 is 1.50 bits per heavy atom. The molecular weight excluding hydrogens is 222 g/mol. The maximum atomic E-state index is 11.6. The van der Waals surface area contributed by atoms with Crippen LogP contribution in [0.4, 0.5) is 5.69 Å². The number of carbonyl (C=O) groups excluding carboxylic acids is 1. The Morgan fingerprint density at radius 2 is 2.31 bits per heavy atom. The van der Waals surface area contributed by atoms with Crippen LogP contribution in [0.25, 0.3) is 10.2 Å². The van der Waals surface area contributed by atoms with Crippen LogP contribution in [0.15, 0.2) is 23.7 Å². The molecule has 1 unspecified atom stereocenters. The maximum absolute atomic E-state index is 11.6. The van der Waals surface area contributed by atoms with Crippen LogP contribution in [0, 0.1) is 0 Å². The fourth-order valence-electron chi connectivity index (χ4n) is 1.31. The van der Waals surface area contributed by atoms with Gasteiger partial charge < -0.3 is 10.6 Å². The molecule has 2 aromatic rings. The Bertz CT molecular complexity index is 509. The first-order chi connectivity index (χ1) is 7.70. The molecule has 1 aromatic carbocycles. The number of hydrogen-bond acceptors (Lipinski definition) is 4. The number of hydrogen-bond donors (Lipinski definition) is 2. The van der Waals surface area contributed by atoms with Gasteiger partial charge in [0.15, 0.2) is 0 Å². The van der Waals surface area contributed by atoms with Crippen LogP contribution in [-0.2, 0) is 4.79 Å². The molecule has 0 fully saturated rings. The van der Waals surface area contributed by atoms with Crippen molar-refractivity contribution >= 4 is 33.1 Å². The van der Waals surface area contributed by atoms with Gasteiger partial charge in [0.25, 0.3) is 0 Å². The van der Waals surface area contributed by atoms with Crippen molar-refractivity contribution in [3.05, 3.63) is 23.7 Å². The molecule has 1 atom stereocenters. The standard InChI is InChI=1S/C11H13N3OS/c1-7(12-2)11(15)14-8-3-4-9-10(5-8)16-6-13-9/h3-7,12H,1-2H3,(H,14,15). The molecule has 0 saturated carbocycles. The summed E-state index contributed by atoms with van der Waals surface area (Å²) in [4.78, 5) is 15.8. The van der Waals surface area contributed by atoms with E-state index in [2.05, 4.69) is 15.6 Å². The number of aromatic nitrogens is 1. The molecule has 0 radical (unpaired) electrons. The van der Waals surface area contributed by atoms with Gasteiger partial charge in [-0.3, -0.25) is 4.79 Å². The van der Waals surface area contributed by atoms with E-state index < -0.39 is 0 Å². The summed E-state index contributed by atoms with van der Waals surface area (Å²) in [5.74, 6) is -0.0358. The molecule has 2 N–H and O–H groups in total. The number of thiazole rings is 1. The third-order valence-corrected chi connectivity index (χ3v) is 3.22. The molecule has 0 aliphatic rings. The Balaban J connectivity index is 2.17. The van der Waals surface area contributed by atoms with E-state index in [0.717, 1.165) is 15.9 Å². The number of likely N-dealkylation sites (N-methyl/N-ethyl adjacent to an activating group) is 1. The van der Waals surface area contributed by atoms with Gasteiger partial charge in [0.05, 0.1) is 21.8 Å². The van der Waals surface area contributed by atoms with Gasteiger partial charge in [-0.2, -0.15) is 0 Å². The zero-order valence-electron chi connectivity index (χ0n) is 9.15. The van der Waals surface area contributed by atoms with Crippen molar-refractivity contribution in [1.82, 2.24) is 10.3 Å². The average Bonchev–Trinajstić information content (AvgIpc) is 2.75. The van der Waals surface area contributed by atoms with E-state index in [4.69, 9.17) is 0 Å². The van der Waals surface area contributed by atoms with E-state index in [1.165, 1.54) is 0 Å². The topological polar surface area (TPSA) is 54.0 Å². The van der Waals surface area contributed by atoms with Crippen LogP contribution in [0.5, 0.6) is 0 Å². The van der Waals surface area contributed by atoms with E-state index in [9.17, 15) is 4.79 Å². The molecule has 0 aliphatic carbocycles. The summed E-state index contributed by atoms with van der Waals surface area (Å²) < 4.78 is 1.08. The SMILES string of the molecule is CNC(C)C(=O)Nc1ccc2ncsc2c1. The fourth-order valence-corrected chi connectivity index (χ4v) is 2.03. The molecule has 84 valence electrons. The quantitative estimate of drug-likeness (QED) is 0.853. The number of amides is 1. The van der Waals surface area contributed by atoms with Gasteiger partial charge in [0, 0.05) is 5.69 Å². The second-order valence-corrected chi connectivity index (χ2v) is 4.42. The van der Waals surface area contributed by atoms with Crippen molar-refractivity contribution in [3.63, 3.8) is 0 Å². The number of benzene rings is 1. The van der Waals surface area contributed by atoms with Gasteiger partial charge >= 0.3 is 0 Å². The predicted molar refractivity (Wildman–Crippen MR) is 66.8 cm³/mol. The molecule has 4 nitrogen and oxygen atoms in total. The minimum absolute atomic E-state index is 0.0358. The van der Waals surface area contributed by atoms with Crippen molar-refractivity contribution in [3.8, 4) is 0 Å². The number of fused-ring (bicyclic) bond motifs is 1. The summed E-state index contributed by atoms with van der Waals surface area (Å²) in [5, 5.41) is 5.75. The Hall–Kier alpha value is -1.46. The molecule has 2 rings (SSSR count). The van der Waals surface area contributed by atoms with E-state index in [1.54, 1.807) is 23.9 Å². The molecule has 16 heavy (non-hydrogen) atoms. The van der Waals surface area contributed by atoms with Gasteiger partial charge in [-0.25, -0.2) is 4.98 Å². The minimum atomic E-state index is -0.197. The van der Waals surface area contributed by atoms with Gasteiger partial charge in [-0.15, -0.1) is 11.3 Å². The highest BCUT2D eigenvalue weighted by Gasteiger charge is 2.10. The molecule has 0 saturated heterocycles. The van der Waals surface area contributed by atoms with Gasteiger partial charge in [-0.05, 0) is 32.2 Å². The zero-order valence-corrected chi connectivity index (χ0v) is 9.97. The second-order valence-electron chi connectivity index (χ2n) is 3.53. The lowest BCUT2D eigenvalue weighted by molar-refractivity contribution is -0.117. The van der Waals surface area contributed by atoms with E-state index in [-0.39, 0.29) is 11.9 Å². The molecule has 1 aromatic heterocycles. The smallest absolute Gasteiger partial charge is 0.241 e. The average molecular weight is 235 g/mol. The highest BCUT2D eigenvalue weighted by molar-refractivity contribution is 7.16. The number of rotatable bonds is 3. The number of nitrogens with one attached hydrogen (secondary N) is 2. The Morgan fingerprint density at radius 3 is 3.06 bits per heavy atom. The first-order valence-corrected chi connectivity index (χ1v) is 5.90. The zero-order chi connectivity index (χ0) is 11.5. The molecule has 0 bridgehead atoms. The van der Waals surface area contributed by atoms with Gasteiger partial charge in [0.1, 0.15) is 0 Å². The van der Waals surface area contributed by atoms with Gasteiger partial charge in [-0.1, -0.05) is 0 Å². The van der Waals surface area contributed by atoms with Crippen molar-refractivity contribution in [2.24, 2.45) is 0 Å². The summed E-state index contributed by atoms with van der Waals surface area (Å²) in [5.41, 5.74) is 3.57. The monoisotopic (exact) mass is 235 g/mol. The van der Waals surface area contributed by atoms with Gasteiger partial charge in [0.2, 0.25) is 5.91 Å². The van der Waals surface area contributed by atoms with E-state index >= 15 is 0 Å². The van der Waals surface area contributed by atoms with Crippen LogP contribution in [-0.4, -0.2) is 24.0 Å². The van der Waals surface area contributed by atoms with E-state index in [0.29, 0.717) is 0 Å². The lowest BCUT2D eigenvalue weighted by Crippen LogP contribution is -2.35. The number of nitrogens with zero attached hydrogens (tertiary/aromatic N) is 1. The number of carbonyl (C=O) groups is 1. The fraction of sp³-hybridized carbons (Fsp3) is 0.273. The normalized spacial score (nSPS) is 12.6. The van der Waals surface area contributed by atoms with Crippen LogP contribution < -0.4 is 10.6 Å². The largest absolute Gasteiger partial charge is 0.325 e.